The van der Waals surface area contributed by atoms with Crippen LogP contribution in [0, 0.1) is 5.82 Å². The number of rotatable bonds is 11. The molecule has 2 heterocycles. The molecule has 3 aromatic carbocycles. The van der Waals surface area contributed by atoms with Gasteiger partial charge in [-0.2, -0.15) is 0 Å². The molecule has 2 aromatic heterocycles. The summed E-state index contributed by atoms with van der Waals surface area (Å²) in [5.41, 5.74) is 6.17. The molecule has 0 fully saturated rings. The van der Waals surface area contributed by atoms with Gasteiger partial charge in [-0.25, -0.2) is 14.4 Å². The Hall–Kier alpha value is -3.82. The molecule has 0 radical (unpaired) electrons. The van der Waals surface area contributed by atoms with Crippen LogP contribution in [-0.2, 0) is 12.8 Å². The van der Waals surface area contributed by atoms with Gasteiger partial charge in [0.1, 0.15) is 12.1 Å². The molecule has 0 bridgehead atoms. The summed E-state index contributed by atoms with van der Waals surface area (Å²) in [7, 11) is 0. The molecule has 7 nitrogen and oxygen atoms in total. The lowest BCUT2D eigenvalue weighted by molar-refractivity contribution is 0.0953. The molecular weight excluding hydrogens is 643 g/mol. The number of unbranched alkanes of at least 4 members (excludes halogenated alkanes) is 3. The molecule has 0 spiro atoms. The molecular formula is C34H33BrClFN6O. The molecule has 1 aliphatic rings. The molecule has 226 valence electrons. The summed E-state index contributed by atoms with van der Waals surface area (Å²) in [6, 6.07) is 16.2. The van der Waals surface area contributed by atoms with E-state index in [4.69, 9.17) is 16.6 Å². The van der Waals surface area contributed by atoms with E-state index in [1.807, 2.05) is 12.1 Å². The first kappa shape index (κ1) is 30.2. The lowest BCUT2D eigenvalue weighted by atomic mass is 9.92. The van der Waals surface area contributed by atoms with Crippen molar-refractivity contribution in [1.82, 2.24) is 20.3 Å². The zero-order chi connectivity index (χ0) is 30.5. The molecule has 3 N–H and O–H groups in total. The van der Waals surface area contributed by atoms with Gasteiger partial charge in [-0.3, -0.25) is 9.78 Å². The number of fused-ring (bicyclic) bond motifs is 3. The van der Waals surface area contributed by atoms with Crippen LogP contribution in [0.4, 0.5) is 21.6 Å². The number of hydrogen-bond donors (Lipinski definition) is 3. The minimum atomic E-state index is -0.404. The van der Waals surface area contributed by atoms with E-state index in [-0.39, 0.29) is 5.91 Å². The average molecular weight is 676 g/mol. The smallest absolute Gasteiger partial charge is 0.251 e. The Balaban J connectivity index is 0.975. The second kappa shape index (κ2) is 13.9. The van der Waals surface area contributed by atoms with Gasteiger partial charge in [0.2, 0.25) is 0 Å². The number of anilines is 3. The fourth-order valence-electron chi connectivity index (χ4n) is 5.75. The van der Waals surface area contributed by atoms with E-state index in [9.17, 15) is 9.18 Å². The first-order valence-electron chi connectivity index (χ1n) is 15.1. The first-order chi connectivity index (χ1) is 21.5. The van der Waals surface area contributed by atoms with Gasteiger partial charge in [0.05, 0.1) is 21.2 Å². The number of aromatic nitrogens is 3. The number of carbonyl (C=O) groups is 1. The lowest BCUT2D eigenvalue weighted by Gasteiger charge is -2.22. The van der Waals surface area contributed by atoms with Gasteiger partial charge >= 0.3 is 0 Å². The van der Waals surface area contributed by atoms with Crippen molar-refractivity contribution in [2.75, 3.05) is 23.7 Å². The number of hydrogen-bond acceptors (Lipinski definition) is 6. The molecule has 5 aromatic rings. The van der Waals surface area contributed by atoms with Gasteiger partial charge in [0.25, 0.3) is 5.91 Å². The zero-order valence-corrected chi connectivity index (χ0v) is 26.6. The van der Waals surface area contributed by atoms with Crippen LogP contribution in [0.1, 0.15) is 60.1 Å². The first-order valence-corrected chi connectivity index (χ1v) is 16.2. The van der Waals surface area contributed by atoms with Crippen molar-refractivity contribution in [2.45, 2.75) is 51.4 Å². The standard InChI is InChI=1S/C34H33BrClFN6O/c35-26-9-7-11-28(31(26)37)43-33-25-14-12-21(18-29(25)40-20-41-33)34(44)39-17-6-2-1-5-16-38-32-23-8-3-4-10-27(23)42-30-19-22(36)13-15-24(30)32/h7,9,11-15,18-20H,1-6,8,10,16-17H2,(H,38,42)(H,39,44)(H,40,41,43). The zero-order valence-electron chi connectivity index (χ0n) is 24.2. The summed E-state index contributed by atoms with van der Waals surface area (Å²) in [6.45, 7) is 1.50. The number of aryl methyl sites for hydroxylation is 1. The molecule has 6 rings (SSSR count). The number of carbonyl (C=O) groups excluding carboxylic acids is 1. The highest BCUT2D eigenvalue weighted by atomic mass is 79.9. The van der Waals surface area contributed by atoms with E-state index < -0.39 is 5.82 Å². The van der Waals surface area contributed by atoms with Gasteiger partial charge in [-0.1, -0.05) is 30.5 Å². The number of benzene rings is 3. The third-order valence-corrected chi connectivity index (χ3v) is 8.87. The molecule has 44 heavy (non-hydrogen) atoms. The Labute approximate surface area is 269 Å². The van der Waals surface area contributed by atoms with Crippen LogP contribution in [-0.4, -0.2) is 33.9 Å². The average Bonchev–Trinajstić information content (AvgIpc) is 3.03. The van der Waals surface area contributed by atoms with Crippen LogP contribution < -0.4 is 16.0 Å². The largest absolute Gasteiger partial charge is 0.384 e. The van der Waals surface area contributed by atoms with Crippen LogP contribution in [0.15, 0.2) is 65.4 Å². The van der Waals surface area contributed by atoms with Gasteiger partial charge in [-0.05, 0) is 109 Å². The van der Waals surface area contributed by atoms with Gasteiger partial charge < -0.3 is 16.0 Å². The highest BCUT2D eigenvalue weighted by Crippen LogP contribution is 2.34. The van der Waals surface area contributed by atoms with E-state index in [0.717, 1.165) is 56.0 Å². The minimum absolute atomic E-state index is 0.144. The highest BCUT2D eigenvalue weighted by molar-refractivity contribution is 9.10. The SMILES string of the molecule is O=C(NCCCCCCNc1c2c(nc3cc(Cl)ccc13)CCCC2)c1ccc2c(Nc3cccc(Br)c3F)ncnc2c1. The van der Waals surface area contributed by atoms with Crippen LogP contribution in [0.25, 0.3) is 21.8 Å². The predicted molar refractivity (Wildman–Crippen MR) is 180 cm³/mol. The molecule has 0 saturated heterocycles. The normalized spacial score (nSPS) is 12.7. The van der Waals surface area contributed by atoms with Crippen molar-refractivity contribution in [3.8, 4) is 0 Å². The summed E-state index contributed by atoms with van der Waals surface area (Å²) in [5.74, 6) is -0.0813. The molecule has 1 amide bonds. The number of nitrogens with zero attached hydrogens (tertiary/aromatic N) is 3. The van der Waals surface area contributed by atoms with Gasteiger partial charge in [0, 0.05) is 45.8 Å². The maximum atomic E-state index is 14.5. The van der Waals surface area contributed by atoms with Gasteiger partial charge in [-0.15, -0.1) is 0 Å². The van der Waals surface area contributed by atoms with E-state index >= 15 is 0 Å². The number of halogens is 3. The van der Waals surface area contributed by atoms with Crippen molar-refractivity contribution in [3.63, 3.8) is 0 Å². The van der Waals surface area contributed by atoms with E-state index in [1.54, 1.807) is 36.4 Å². The van der Waals surface area contributed by atoms with Crippen LogP contribution in [0.2, 0.25) is 5.02 Å². The minimum Gasteiger partial charge on any atom is -0.384 e. The fourth-order valence-corrected chi connectivity index (χ4v) is 6.28. The quantitative estimate of drug-likeness (QED) is 0.121. The number of pyridine rings is 1. The lowest BCUT2D eigenvalue weighted by Crippen LogP contribution is -2.24. The monoisotopic (exact) mass is 674 g/mol. The molecule has 0 saturated carbocycles. The predicted octanol–water partition coefficient (Wildman–Crippen LogP) is 8.76. The maximum absolute atomic E-state index is 14.5. The van der Waals surface area contributed by atoms with Crippen LogP contribution >= 0.6 is 27.5 Å². The van der Waals surface area contributed by atoms with E-state index in [1.165, 1.54) is 36.1 Å². The van der Waals surface area contributed by atoms with Gasteiger partial charge in [0.15, 0.2) is 5.82 Å². The Morgan fingerprint density at radius 1 is 0.909 bits per heavy atom. The molecule has 0 unspecified atom stereocenters. The molecule has 0 atom stereocenters. The van der Waals surface area contributed by atoms with Crippen molar-refractivity contribution < 1.29 is 9.18 Å². The Kier molecular flexibility index (Phi) is 9.52. The molecule has 10 heteroatoms. The molecule has 1 aliphatic carbocycles. The van der Waals surface area contributed by atoms with E-state index in [2.05, 4.69) is 47.9 Å². The number of amides is 1. The third kappa shape index (κ3) is 6.79. The second-order valence-electron chi connectivity index (χ2n) is 11.1. The highest BCUT2D eigenvalue weighted by Gasteiger charge is 2.18. The third-order valence-electron chi connectivity index (χ3n) is 8.02. The van der Waals surface area contributed by atoms with Crippen molar-refractivity contribution in [2.24, 2.45) is 0 Å². The summed E-state index contributed by atoms with van der Waals surface area (Å²) < 4.78 is 14.8. The van der Waals surface area contributed by atoms with Crippen LogP contribution in [0.3, 0.4) is 0 Å². The fraction of sp³-hybridized carbons (Fsp3) is 0.294. The van der Waals surface area contributed by atoms with Crippen molar-refractivity contribution in [1.29, 1.82) is 0 Å². The summed E-state index contributed by atoms with van der Waals surface area (Å²) in [6.07, 6.45) is 9.93. The Morgan fingerprint density at radius 2 is 1.73 bits per heavy atom. The number of nitrogens with one attached hydrogen (secondary N) is 3. The molecule has 0 aliphatic heterocycles. The Bertz CT molecular complexity index is 1830. The summed E-state index contributed by atoms with van der Waals surface area (Å²) in [5, 5.41) is 12.3. The maximum Gasteiger partial charge on any atom is 0.251 e. The van der Waals surface area contributed by atoms with E-state index in [0.29, 0.717) is 44.0 Å². The van der Waals surface area contributed by atoms with Crippen LogP contribution in [0.5, 0.6) is 0 Å². The second-order valence-corrected chi connectivity index (χ2v) is 12.3. The van der Waals surface area contributed by atoms with Crippen molar-refractivity contribution >= 4 is 72.4 Å². The van der Waals surface area contributed by atoms with Crippen molar-refractivity contribution in [3.05, 3.63) is 93.1 Å². The summed E-state index contributed by atoms with van der Waals surface area (Å²) in [4.78, 5) is 26.3. The Morgan fingerprint density at radius 3 is 2.61 bits per heavy atom. The topological polar surface area (TPSA) is 91.8 Å². The summed E-state index contributed by atoms with van der Waals surface area (Å²) >= 11 is 9.46.